The van der Waals surface area contributed by atoms with Gasteiger partial charge in [-0.3, -0.25) is 9.89 Å². The second-order valence-corrected chi connectivity index (χ2v) is 7.15. The lowest BCUT2D eigenvalue weighted by atomic mass is 10.1. The van der Waals surface area contributed by atoms with Crippen LogP contribution in [0.2, 0.25) is 0 Å². The van der Waals surface area contributed by atoms with Crippen molar-refractivity contribution in [1.82, 2.24) is 14.9 Å². The lowest BCUT2D eigenvalue weighted by Crippen LogP contribution is -2.27. The summed E-state index contributed by atoms with van der Waals surface area (Å²) in [7, 11) is 0. The molecule has 120 valence electrons. The van der Waals surface area contributed by atoms with Crippen LogP contribution in [-0.2, 0) is 0 Å². The Labute approximate surface area is 135 Å². The van der Waals surface area contributed by atoms with Crippen molar-refractivity contribution in [2.75, 3.05) is 36.9 Å². The van der Waals surface area contributed by atoms with Crippen molar-refractivity contribution in [3.8, 4) is 0 Å². The van der Waals surface area contributed by atoms with Gasteiger partial charge in [-0.15, -0.1) is 0 Å². The third-order valence-electron chi connectivity index (χ3n) is 4.23. The molecule has 1 aromatic heterocycles. The topological polar surface area (TPSA) is 87.6 Å². The lowest BCUT2D eigenvalue weighted by Gasteiger charge is -2.19. The summed E-state index contributed by atoms with van der Waals surface area (Å²) in [5.74, 6) is 3.16. The van der Waals surface area contributed by atoms with E-state index in [1.54, 1.807) is 0 Å². The van der Waals surface area contributed by atoms with Crippen LogP contribution in [0.25, 0.3) is 0 Å². The minimum absolute atomic E-state index is 0.148. The first kappa shape index (κ1) is 15.7. The number of fused-ring (bicyclic) bond motifs is 1. The van der Waals surface area contributed by atoms with Crippen molar-refractivity contribution in [2.45, 2.75) is 25.4 Å². The second-order valence-electron chi connectivity index (χ2n) is 6.00. The average molecular weight is 321 g/mol. The molecular weight excluding hydrogens is 298 g/mol. The van der Waals surface area contributed by atoms with E-state index < -0.39 is 0 Å². The highest BCUT2D eigenvalue weighted by molar-refractivity contribution is 7.99. The summed E-state index contributed by atoms with van der Waals surface area (Å²) < 4.78 is 0. The highest BCUT2D eigenvalue weighted by Gasteiger charge is 2.34. The predicted octanol–water partition coefficient (Wildman–Crippen LogP) is 1.29. The van der Waals surface area contributed by atoms with Gasteiger partial charge in [-0.1, -0.05) is 6.92 Å². The number of hydrogen-bond acceptors (Lipinski definition) is 7. The molecule has 1 aromatic rings. The first-order valence-electron chi connectivity index (χ1n) is 7.81. The van der Waals surface area contributed by atoms with Crippen molar-refractivity contribution in [2.24, 2.45) is 10.9 Å². The van der Waals surface area contributed by atoms with Crippen molar-refractivity contribution in [1.29, 1.82) is 0 Å². The summed E-state index contributed by atoms with van der Waals surface area (Å²) in [6, 6.07) is 0. The quantitative estimate of drug-likeness (QED) is 0.768. The molecule has 0 aromatic carbocycles. The smallest absolute Gasteiger partial charge is 0.153 e. The van der Waals surface area contributed by atoms with Crippen LogP contribution in [0.15, 0.2) is 11.3 Å². The van der Waals surface area contributed by atoms with E-state index in [0.717, 1.165) is 31.1 Å². The van der Waals surface area contributed by atoms with Gasteiger partial charge in [0.25, 0.3) is 0 Å². The minimum atomic E-state index is -0.224. The Hall–Kier alpha value is -1.18. The number of aliphatic hydroxyl groups is 1. The van der Waals surface area contributed by atoms with Gasteiger partial charge in [0, 0.05) is 31.8 Å². The van der Waals surface area contributed by atoms with Crippen molar-refractivity contribution >= 4 is 29.5 Å². The standard InChI is InChI=1S/C15H23N5OS/c1-2-3-22-8-11-6-20(7-12(11)21)5-10-4-17-14-13(10)18-9-19-15(14)16/h4,9-12,21H,2-3,5-8H2,1H3,(H2,16,18,19)/t10?,11-,12+/m1/s1. The van der Waals surface area contributed by atoms with Gasteiger partial charge in [0.1, 0.15) is 12.0 Å². The normalized spacial score (nSPS) is 27.5. The van der Waals surface area contributed by atoms with Crippen LogP contribution in [0.5, 0.6) is 0 Å². The zero-order valence-corrected chi connectivity index (χ0v) is 13.7. The maximum atomic E-state index is 10.2. The second kappa shape index (κ2) is 6.93. The number of aliphatic imine (C=N–C) groups is 1. The highest BCUT2D eigenvalue weighted by Crippen LogP contribution is 2.35. The number of hydrogen-bond donors (Lipinski definition) is 2. The molecule has 0 spiro atoms. The Morgan fingerprint density at radius 3 is 3.09 bits per heavy atom. The molecule has 1 unspecified atom stereocenters. The maximum Gasteiger partial charge on any atom is 0.153 e. The van der Waals surface area contributed by atoms with E-state index in [9.17, 15) is 5.11 Å². The van der Waals surface area contributed by atoms with Crippen LogP contribution in [0.3, 0.4) is 0 Å². The molecule has 6 nitrogen and oxygen atoms in total. The molecule has 0 amide bonds. The first-order valence-corrected chi connectivity index (χ1v) is 8.97. The van der Waals surface area contributed by atoms with E-state index in [1.165, 1.54) is 18.5 Å². The predicted molar refractivity (Wildman–Crippen MR) is 90.9 cm³/mol. The third-order valence-corrected chi connectivity index (χ3v) is 5.59. The highest BCUT2D eigenvalue weighted by atomic mass is 32.2. The number of nitrogens with two attached hydrogens (primary N) is 1. The number of nitrogens with zero attached hydrogens (tertiary/aromatic N) is 4. The van der Waals surface area contributed by atoms with Crippen molar-refractivity contribution < 1.29 is 5.11 Å². The molecule has 1 saturated heterocycles. The van der Waals surface area contributed by atoms with Crippen LogP contribution in [-0.4, -0.2) is 63.4 Å². The maximum absolute atomic E-state index is 10.2. The fourth-order valence-electron chi connectivity index (χ4n) is 3.09. The summed E-state index contributed by atoms with van der Waals surface area (Å²) in [6.45, 7) is 4.70. The number of likely N-dealkylation sites (tertiary alicyclic amines) is 1. The van der Waals surface area contributed by atoms with Gasteiger partial charge in [0.2, 0.25) is 0 Å². The molecule has 0 bridgehead atoms. The molecule has 3 atom stereocenters. The van der Waals surface area contributed by atoms with Crippen LogP contribution < -0.4 is 5.73 Å². The van der Waals surface area contributed by atoms with Crippen LogP contribution >= 0.6 is 11.8 Å². The van der Waals surface area contributed by atoms with E-state index in [-0.39, 0.29) is 12.0 Å². The van der Waals surface area contributed by atoms with Crippen molar-refractivity contribution in [3.05, 3.63) is 12.0 Å². The Morgan fingerprint density at radius 2 is 2.27 bits per heavy atom. The molecule has 0 radical (unpaired) electrons. The zero-order valence-electron chi connectivity index (χ0n) is 12.9. The van der Waals surface area contributed by atoms with Gasteiger partial charge in [-0.2, -0.15) is 11.8 Å². The van der Waals surface area contributed by atoms with Crippen LogP contribution in [0, 0.1) is 5.92 Å². The number of nitrogen functional groups attached to an aromatic ring is 1. The van der Waals surface area contributed by atoms with E-state index in [1.807, 2.05) is 18.0 Å². The number of thioether (sulfide) groups is 1. The Balaban J connectivity index is 1.58. The minimum Gasteiger partial charge on any atom is -0.391 e. The summed E-state index contributed by atoms with van der Waals surface area (Å²) in [5, 5.41) is 10.2. The fourth-order valence-corrected chi connectivity index (χ4v) is 4.18. The average Bonchev–Trinajstić information content (AvgIpc) is 3.05. The first-order chi connectivity index (χ1) is 10.7. The number of anilines is 1. The van der Waals surface area contributed by atoms with Crippen LogP contribution in [0.1, 0.15) is 25.0 Å². The molecule has 0 saturated carbocycles. The summed E-state index contributed by atoms with van der Waals surface area (Å²) in [5.41, 5.74) is 7.45. The van der Waals surface area contributed by atoms with E-state index in [2.05, 4.69) is 26.8 Å². The van der Waals surface area contributed by atoms with Gasteiger partial charge in [-0.05, 0) is 17.9 Å². The molecule has 1 fully saturated rings. The molecule has 7 heteroatoms. The third kappa shape index (κ3) is 3.26. The number of aromatic nitrogens is 2. The summed E-state index contributed by atoms with van der Waals surface area (Å²) in [4.78, 5) is 15.0. The van der Waals surface area contributed by atoms with Gasteiger partial charge in [0.05, 0.1) is 17.7 Å². The zero-order chi connectivity index (χ0) is 15.5. The molecule has 3 rings (SSSR count). The molecule has 3 N–H and O–H groups in total. The number of aliphatic hydroxyl groups excluding tert-OH is 1. The lowest BCUT2D eigenvalue weighted by molar-refractivity contribution is 0.150. The molecule has 22 heavy (non-hydrogen) atoms. The molecule has 2 aliphatic heterocycles. The fraction of sp³-hybridized carbons (Fsp3) is 0.667. The number of rotatable bonds is 6. The molecule has 3 heterocycles. The Morgan fingerprint density at radius 1 is 1.41 bits per heavy atom. The molecule has 2 aliphatic rings. The van der Waals surface area contributed by atoms with Gasteiger partial charge in [-0.25, -0.2) is 9.97 Å². The Bertz CT molecular complexity index is 553. The summed E-state index contributed by atoms with van der Waals surface area (Å²) >= 11 is 1.94. The largest absolute Gasteiger partial charge is 0.391 e. The van der Waals surface area contributed by atoms with Crippen LogP contribution in [0.4, 0.5) is 11.5 Å². The van der Waals surface area contributed by atoms with Gasteiger partial charge >= 0.3 is 0 Å². The van der Waals surface area contributed by atoms with E-state index in [4.69, 9.17) is 5.73 Å². The SMILES string of the molecule is CCCSC[C@H]1CN(CC2C=Nc3c(N)ncnc32)C[C@@H]1O. The molecular formula is C15H23N5OS. The monoisotopic (exact) mass is 321 g/mol. The number of β-amino-alcohol motifs (C(OH)–C–C–N with tert-alkyl or cyclic N) is 1. The Kier molecular flexibility index (Phi) is 4.95. The van der Waals surface area contributed by atoms with E-state index in [0.29, 0.717) is 17.4 Å². The molecule has 0 aliphatic carbocycles. The van der Waals surface area contributed by atoms with Crippen molar-refractivity contribution in [3.63, 3.8) is 0 Å². The van der Waals surface area contributed by atoms with Gasteiger partial charge < -0.3 is 10.8 Å². The van der Waals surface area contributed by atoms with Gasteiger partial charge in [0.15, 0.2) is 5.82 Å². The summed E-state index contributed by atoms with van der Waals surface area (Å²) in [6.07, 6.45) is 4.37. The van der Waals surface area contributed by atoms with E-state index >= 15 is 0 Å².